The Bertz CT molecular complexity index is 288. The molecule has 1 rings (SSSR count). The first kappa shape index (κ1) is 8.45. The predicted octanol–water partition coefficient (Wildman–Crippen LogP) is 0.797. The lowest BCUT2D eigenvalue weighted by atomic mass is 10.4. The van der Waals surface area contributed by atoms with Crippen LogP contribution in [0.5, 0.6) is 6.01 Å². The van der Waals surface area contributed by atoms with Crippen LogP contribution in [0.15, 0.2) is 12.3 Å². The van der Waals surface area contributed by atoms with Crippen LogP contribution >= 0.6 is 0 Å². The number of ether oxygens (including phenoxy) is 1. The van der Waals surface area contributed by atoms with E-state index < -0.39 is 12.0 Å². The largest absolute Gasteiger partial charge is 0.461 e. The molecular weight excluding hydrogens is 160 g/mol. The summed E-state index contributed by atoms with van der Waals surface area (Å²) in [6.07, 6.45) is 1.22. The molecule has 63 valence electrons. The molecule has 0 spiro atoms. The van der Waals surface area contributed by atoms with Gasteiger partial charge in [-0.2, -0.15) is 4.98 Å². The molecule has 0 unspecified atom stereocenters. The maximum absolute atomic E-state index is 10.9. The fraction of sp³-hybridized carbons (Fsp3) is 0.286. The van der Waals surface area contributed by atoms with Crippen LogP contribution in [0, 0.1) is 0 Å². The second kappa shape index (κ2) is 3.66. The van der Waals surface area contributed by atoms with Gasteiger partial charge < -0.3 is 4.74 Å². The van der Waals surface area contributed by atoms with Crippen LogP contribution < -0.4 is 0 Å². The number of nitrogens with zero attached hydrogens (tertiary/aromatic N) is 2. The van der Waals surface area contributed by atoms with Crippen LogP contribution in [0.1, 0.15) is 17.4 Å². The highest BCUT2D eigenvalue weighted by atomic mass is 16.5. The number of esters is 1. The van der Waals surface area contributed by atoms with Gasteiger partial charge in [0.15, 0.2) is 5.69 Å². The molecule has 0 bridgehead atoms. The Balaban J connectivity index is 2.81. The molecule has 1 aromatic heterocycles. The van der Waals surface area contributed by atoms with E-state index in [2.05, 4.69) is 14.7 Å². The number of carbonyl (C=O) groups excluding carboxylic acids is 1. The molecule has 0 N–H and O–H groups in total. The summed E-state index contributed by atoms with van der Waals surface area (Å²) in [6.45, 7) is 1.94. The Labute approximate surface area is 69.0 Å². The van der Waals surface area contributed by atoms with E-state index in [1.807, 2.05) is 0 Å². The van der Waals surface area contributed by atoms with E-state index >= 15 is 0 Å². The van der Waals surface area contributed by atoms with Crippen LogP contribution in [0.2, 0.25) is 0 Å². The van der Waals surface area contributed by atoms with E-state index in [4.69, 9.17) is 0 Å². The van der Waals surface area contributed by atoms with Gasteiger partial charge in [0.05, 0.1) is 6.61 Å². The van der Waals surface area contributed by atoms with Gasteiger partial charge in [-0.3, -0.25) is 0 Å². The van der Waals surface area contributed by atoms with Crippen molar-refractivity contribution in [2.45, 2.75) is 6.92 Å². The molecule has 0 aliphatic heterocycles. The molecule has 0 atom stereocenters. The van der Waals surface area contributed by atoms with Gasteiger partial charge in [-0.25, -0.2) is 14.9 Å². The lowest BCUT2D eigenvalue weighted by molar-refractivity contribution is 0.0517. The van der Waals surface area contributed by atoms with Crippen LogP contribution in [-0.2, 0) is 9.84 Å². The van der Waals surface area contributed by atoms with Gasteiger partial charge in [0.25, 0.3) is 0 Å². The van der Waals surface area contributed by atoms with E-state index in [9.17, 15) is 9.90 Å². The number of hydrogen-bond donors (Lipinski definition) is 0. The summed E-state index contributed by atoms with van der Waals surface area (Å²) in [7, 11) is 0. The third-order valence-corrected chi connectivity index (χ3v) is 1.12. The second-order valence-electron chi connectivity index (χ2n) is 1.94. The van der Waals surface area contributed by atoms with E-state index in [1.165, 1.54) is 12.3 Å². The van der Waals surface area contributed by atoms with E-state index in [-0.39, 0.29) is 12.3 Å². The van der Waals surface area contributed by atoms with Crippen molar-refractivity contribution in [3.05, 3.63) is 18.0 Å². The van der Waals surface area contributed by atoms with Crippen molar-refractivity contribution in [2.75, 3.05) is 6.61 Å². The minimum absolute atomic E-state index is 0.00292. The highest BCUT2D eigenvalue weighted by Gasteiger charge is 2.08. The number of carbonyl (C=O) groups is 1. The average molecular weight is 167 g/mol. The third-order valence-electron chi connectivity index (χ3n) is 1.12. The molecule has 0 fully saturated rings. The molecule has 1 heterocycles. The van der Waals surface area contributed by atoms with Crippen molar-refractivity contribution in [2.24, 2.45) is 0 Å². The van der Waals surface area contributed by atoms with Gasteiger partial charge in [-0.15, -0.1) is 0 Å². The van der Waals surface area contributed by atoms with Gasteiger partial charge in [-0.1, -0.05) is 0 Å². The summed E-state index contributed by atoms with van der Waals surface area (Å²) >= 11 is 0. The zero-order valence-corrected chi connectivity index (χ0v) is 6.48. The molecule has 1 radical (unpaired) electrons. The maximum Gasteiger partial charge on any atom is 0.367 e. The Morgan fingerprint density at radius 1 is 1.67 bits per heavy atom. The summed E-state index contributed by atoms with van der Waals surface area (Å²) in [4.78, 5) is 17.6. The standard InChI is InChI=1S/C7H7N2O3/c1-2-12-6(10)5-3-4-8-7(11)9-5/h3-4H,2H2,1H3. The fourth-order valence-corrected chi connectivity index (χ4v) is 0.660. The van der Waals surface area contributed by atoms with Crippen LogP contribution in [0.25, 0.3) is 0 Å². The topological polar surface area (TPSA) is 72.0 Å². The Kier molecular flexibility index (Phi) is 2.57. The molecule has 0 amide bonds. The normalized spacial score (nSPS) is 9.42. The van der Waals surface area contributed by atoms with Crippen LogP contribution in [0.4, 0.5) is 0 Å². The third kappa shape index (κ3) is 1.91. The molecule has 0 saturated heterocycles. The van der Waals surface area contributed by atoms with Crippen molar-refractivity contribution in [3.8, 4) is 6.01 Å². The Morgan fingerprint density at radius 3 is 3.00 bits per heavy atom. The van der Waals surface area contributed by atoms with Gasteiger partial charge in [0.1, 0.15) is 0 Å². The maximum atomic E-state index is 10.9. The molecule has 0 aliphatic carbocycles. The van der Waals surface area contributed by atoms with Crippen molar-refractivity contribution >= 4 is 5.97 Å². The van der Waals surface area contributed by atoms with Crippen LogP contribution in [-0.4, -0.2) is 22.5 Å². The molecule has 5 heteroatoms. The quantitative estimate of drug-likeness (QED) is 0.610. The summed E-state index contributed by atoms with van der Waals surface area (Å²) in [5, 5.41) is 10.6. The summed E-state index contributed by atoms with van der Waals surface area (Å²) in [5.74, 6) is -0.600. The first-order valence-electron chi connectivity index (χ1n) is 3.41. The lowest BCUT2D eigenvalue weighted by Crippen LogP contribution is -2.06. The van der Waals surface area contributed by atoms with Crippen molar-refractivity contribution < 1.29 is 14.6 Å². The van der Waals surface area contributed by atoms with E-state index in [0.29, 0.717) is 0 Å². The number of aromatic nitrogens is 2. The first-order valence-corrected chi connectivity index (χ1v) is 3.41. The Morgan fingerprint density at radius 2 is 2.42 bits per heavy atom. The highest BCUT2D eigenvalue weighted by molar-refractivity contribution is 5.87. The minimum atomic E-state index is -0.680. The van der Waals surface area contributed by atoms with Crippen molar-refractivity contribution in [3.63, 3.8) is 0 Å². The second-order valence-corrected chi connectivity index (χ2v) is 1.94. The summed E-state index contributed by atoms with van der Waals surface area (Å²) in [5.41, 5.74) is -0.00292. The molecule has 5 nitrogen and oxygen atoms in total. The fourth-order valence-electron chi connectivity index (χ4n) is 0.660. The molecule has 0 aliphatic rings. The lowest BCUT2D eigenvalue weighted by Gasteiger charge is -1.98. The summed E-state index contributed by atoms with van der Waals surface area (Å²) < 4.78 is 4.61. The zero-order valence-electron chi connectivity index (χ0n) is 6.48. The average Bonchev–Trinajstić information content (AvgIpc) is 2.05. The van der Waals surface area contributed by atoms with E-state index in [1.54, 1.807) is 6.92 Å². The SMILES string of the molecule is CCOC(=O)c1ccnc([O])n1. The zero-order chi connectivity index (χ0) is 8.97. The van der Waals surface area contributed by atoms with Gasteiger partial charge in [0.2, 0.25) is 0 Å². The smallest absolute Gasteiger partial charge is 0.367 e. The number of rotatable bonds is 2. The van der Waals surface area contributed by atoms with Crippen molar-refractivity contribution in [1.82, 2.24) is 9.97 Å². The van der Waals surface area contributed by atoms with E-state index in [0.717, 1.165) is 0 Å². The molecule has 0 aromatic carbocycles. The highest BCUT2D eigenvalue weighted by Crippen LogP contribution is 2.02. The monoisotopic (exact) mass is 167 g/mol. The Hall–Kier alpha value is -1.65. The van der Waals surface area contributed by atoms with Gasteiger partial charge in [-0.05, 0) is 13.0 Å². The van der Waals surface area contributed by atoms with Gasteiger partial charge >= 0.3 is 12.0 Å². The molecule has 12 heavy (non-hydrogen) atoms. The predicted molar refractivity (Wildman–Crippen MR) is 38.1 cm³/mol. The summed E-state index contributed by atoms with van der Waals surface area (Å²) in [6, 6.07) is 0.653. The minimum Gasteiger partial charge on any atom is -0.461 e. The van der Waals surface area contributed by atoms with Crippen LogP contribution in [0.3, 0.4) is 0 Å². The van der Waals surface area contributed by atoms with Crippen molar-refractivity contribution in [1.29, 1.82) is 0 Å². The molecule has 1 aromatic rings. The van der Waals surface area contributed by atoms with Gasteiger partial charge in [0, 0.05) is 6.20 Å². The number of hydrogen-bond acceptors (Lipinski definition) is 4. The molecular formula is C7H7N2O3. The molecule has 0 saturated carbocycles. The first-order chi connectivity index (χ1) is 5.74.